The number of aromatic nitrogens is 2. The van der Waals surface area contributed by atoms with Crippen molar-refractivity contribution in [3.05, 3.63) is 39.3 Å². The Kier molecular flexibility index (Phi) is 3.70. The van der Waals surface area contributed by atoms with Gasteiger partial charge in [-0.2, -0.15) is 5.10 Å². The summed E-state index contributed by atoms with van der Waals surface area (Å²) >= 11 is 4.96. The molecule has 1 aliphatic heterocycles. The van der Waals surface area contributed by atoms with Crippen molar-refractivity contribution in [3.8, 4) is 0 Å². The van der Waals surface area contributed by atoms with Gasteiger partial charge in [0, 0.05) is 24.3 Å². The molecule has 6 heteroatoms. The lowest BCUT2D eigenvalue weighted by molar-refractivity contribution is 0.0722. The number of halogens is 1. The Morgan fingerprint density at radius 2 is 2.47 bits per heavy atom. The number of hydrogen-bond donors (Lipinski definition) is 0. The van der Waals surface area contributed by atoms with Crippen LogP contribution >= 0.6 is 27.3 Å². The number of amides is 1. The molecule has 1 atom stereocenters. The van der Waals surface area contributed by atoms with E-state index in [-0.39, 0.29) is 11.9 Å². The lowest BCUT2D eigenvalue weighted by Crippen LogP contribution is -2.38. The maximum atomic E-state index is 12.5. The highest BCUT2D eigenvalue weighted by Gasteiger charge is 2.30. The average molecular weight is 340 g/mol. The van der Waals surface area contributed by atoms with Crippen LogP contribution in [0.25, 0.3) is 0 Å². The van der Waals surface area contributed by atoms with Gasteiger partial charge in [-0.25, -0.2) is 0 Å². The van der Waals surface area contributed by atoms with Gasteiger partial charge >= 0.3 is 0 Å². The van der Waals surface area contributed by atoms with Crippen molar-refractivity contribution >= 4 is 33.2 Å². The van der Waals surface area contributed by atoms with Crippen LogP contribution in [0, 0.1) is 0 Å². The van der Waals surface area contributed by atoms with Crippen LogP contribution in [0.2, 0.25) is 0 Å². The highest BCUT2D eigenvalue weighted by molar-refractivity contribution is 9.11. The highest BCUT2D eigenvalue weighted by atomic mass is 79.9. The third-order valence-corrected chi connectivity index (χ3v) is 4.91. The van der Waals surface area contributed by atoms with E-state index in [1.165, 1.54) is 0 Å². The minimum atomic E-state index is 0.136. The fourth-order valence-electron chi connectivity index (χ4n) is 2.51. The fraction of sp³-hybridized carbons (Fsp3) is 0.385. The molecule has 0 aliphatic carbocycles. The van der Waals surface area contributed by atoms with Crippen molar-refractivity contribution in [1.82, 2.24) is 14.7 Å². The first-order valence-electron chi connectivity index (χ1n) is 6.26. The summed E-state index contributed by atoms with van der Waals surface area (Å²) in [4.78, 5) is 14.5. The van der Waals surface area contributed by atoms with Crippen molar-refractivity contribution in [2.45, 2.75) is 25.4 Å². The lowest BCUT2D eigenvalue weighted by atomic mass is 10.2. The molecule has 0 bridgehead atoms. The standard InChI is InChI=1S/C13H14BrN3OS/c14-12-7-10(9-19-12)13(18)17-6-1-3-11(17)8-16-5-2-4-15-16/h2,4-5,7,9,11H,1,3,6,8H2/t11-/m0/s1. The van der Waals surface area contributed by atoms with Gasteiger partial charge in [0.2, 0.25) is 0 Å². The summed E-state index contributed by atoms with van der Waals surface area (Å²) in [6.07, 6.45) is 5.85. The topological polar surface area (TPSA) is 38.1 Å². The minimum Gasteiger partial charge on any atom is -0.334 e. The number of nitrogens with zero attached hydrogens (tertiary/aromatic N) is 3. The molecule has 0 radical (unpaired) electrons. The van der Waals surface area contributed by atoms with Crippen molar-refractivity contribution < 1.29 is 4.79 Å². The Hall–Kier alpha value is -1.14. The third kappa shape index (κ3) is 2.74. The highest BCUT2D eigenvalue weighted by Crippen LogP contribution is 2.26. The quantitative estimate of drug-likeness (QED) is 0.862. The molecule has 3 heterocycles. The van der Waals surface area contributed by atoms with Crippen molar-refractivity contribution in [2.24, 2.45) is 0 Å². The second-order valence-corrected chi connectivity index (χ2v) is 6.95. The molecular weight excluding hydrogens is 326 g/mol. The molecule has 1 aliphatic rings. The normalized spacial score (nSPS) is 19.0. The summed E-state index contributed by atoms with van der Waals surface area (Å²) in [5.74, 6) is 0.136. The van der Waals surface area contributed by atoms with E-state index in [9.17, 15) is 4.79 Å². The van der Waals surface area contributed by atoms with E-state index in [0.717, 1.165) is 35.3 Å². The number of rotatable bonds is 3. The van der Waals surface area contributed by atoms with E-state index in [4.69, 9.17) is 0 Å². The van der Waals surface area contributed by atoms with Gasteiger partial charge in [0.15, 0.2) is 0 Å². The van der Waals surface area contributed by atoms with Crippen LogP contribution < -0.4 is 0 Å². The Balaban J connectivity index is 1.74. The molecule has 4 nitrogen and oxygen atoms in total. The summed E-state index contributed by atoms with van der Waals surface area (Å²) in [6.45, 7) is 1.63. The zero-order chi connectivity index (χ0) is 13.2. The molecule has 2 aromatic heterocycles. The largest absolute Gasteiger partial charge is 0.334 e. The molecule has 0 unspecified atom stereocenters. The van der Waals surface area contributed by atoms with Crippen LogP contribution in [-0.4, -0.2) is 33.2 Å². The van der Waals surface area contributed by atoms with Gasteiger partial charge in [0.05, 0.1) is 21.9 Å². The zero-order valence-electron chi connectivity index (χ0n) is 10.3. The van der Waals surface area contributed by atoms with E-state index in [1.807, 2.05) is 33.3 Å². The first kappa shape index (κ1) is 12.9. The SMILES string of the molecule is O=C(c1csc(Br)c1)N1CCC[C@H]1Cn1cccn1. The molecule has 3 rings (SSSR count). The van der Waals surface area contributed by atoms with E-state index in [1.54, 1.807) is 17.5 Å². The second kappa shape index (κ2) is 5.46. The minimum absolute atomic E-state index is 0.136. The maximum absolute atomic E-state index is 12.5. The van der Waals surface area contributed by atoms with Gasteiger partial charge in [-0.05, 0) is 40.9 Å². The molecule has 0 spiro atoms. The Morgan fingerprint density at radius 1 is 1.58 bits per heavy atom. The summed E-state index contributed by atoms with van der Waals surface area (Å²) in [7, 11) is 0. The fourth-order valence-corrected chi connectivity index (χ4v) is 3.64. The van der Waals surface area contributed by atoms with Crippen LogP contribution in [-0.2, 0) is 6.54 Å². The monoisotopic (exact) mass is 339 g/mol. The molecule has 0 saturated carbocycles. The number of carbonyl (C=O) groups excluding carboxylic acids is 1. The van der Waals surface area contributed by atoms with Crippen molar-refractivity contribution in [2.75, 3.05) is 6.54 Å². The van der Waals surface area contributed by atoms with Crippen LogP contribution in [0.5, 0.6) is 0 Å². The first-order chi connectivity index (χ1) is 9.24. The number of likely N-dealkylation sites (tertiary alicyclic amines) is 1. The van der Waals surface area contributed by atoms with E-state index in [0.29, 0.717) is 0 Å². The number of thiophene rings is 1. The predicted octanol–water partition coefficient (Wildman–Crippen LogP) is 3.01. The van der Waals surface area contributed by atoms with Gasteiger partial charge in [0.25, 0.3) is 5.91 Å². The molecular formula is C13H14BrN3OS. The summed E-state index contributed by atoms with van der Waals surface area (Å²) in [5, 5.41) is 6.14. The van der Waals surface area contributed by atoms with E-state index >= 15 is 0 Å². The lowest BCUT2D eigenvalue weighted by Gasteiger charge is -2.24. The molecule has 1 amide bonds. The smallest absolute Gasteiger partial charge is 0.255 e. The summed E-state index contributed by atoms with van der Waals surface area (Å²) in [6, 6.07) is 4.07. The van der Waals surface area contributed by atoms with Gasteiger partial charge in [-0.15, -0.1) is 11.3 Å². The van der Waals surface area contributed by atoms with Crippen LogP contribution in [0.3, 0.4) is 0 Å². The van der Waals surface area contributed by atoms with E-state index < -0.39 is 0 Å². The molecule has 1 fully saturated rings. The Morgan fingerprint density at radius 3 is 3.16 bits per heavy atom. The number of hydrogen-bond acceptors (Lipinski definition) is 3. The third-order valence-electron chi connectivity index (χ3n) is 3.41. The summed E-state index contributed by atoms with van der Waals surface area (Å²) in [5.41, 5.74) is 0.782. The predicted molar refractivity (Wildman–Crippen MR) is 78.3 cm³/mol. The Bertz CT molecular complexity index is 566. The maximum Gasteiger partial charge on any atom is 0.255 e. The molecule has 0 N–H and O–H groups in total. The second-order valence-electron chi connectivity index (χ2n) is 4.66. The van der Waals surface area contributed by atoms with Crippen molar-refractivity contribution in [3.63, 3.8) is 0 Å². The molecule has 2 aromatic rings. The molecule has 1 saturated heterocycles. The van der Waals surface area contributed by atoms with Gasteiger partial charge in [-0.3, -0.25) is 9.48 Å². The molecule has 19 heavy (non-hydrogen) atoms. The number of carbonyl (C=O) groups is 1. The van der Waals surface area contributed by atoms with Gasteiger partial charge in [0.1, 0.15) is 0 Å². The first-order valence-corrected chi connectivity index (χ1v) is 7.94. The van der Waals surface area contributed by atoms with Crippen molar-refractivity contribution in [1.29, 1.82) is 0 Å². The van der Waals surface area contributed by atoms with Gasteiger partial charge in [-0.1, -0.05) is 0 Å². The van der Waals surface area contributed by atoms with E-state index in [2.05, 4.69) is 21.0 Å². The average Bonchev–Trinajstić information content (AvgIpc) is 3.10. The molecule has 0 aromatic carbocycles. The van der Waals surface area contributed by atoms with Crippen LogP contribution in [0.15, 0.2) is 33.7 Å². The summed E-state index contributed by atoms with van der Waals surface area (Å²) < 4.78 is 2.90. The zero-order valence-corrected chi connectivity index (χ0v) is 12.7. The Labute approximate surface area is 124 Å². The molecule has 100 valence electrons. The van der Waals surface area contributed by atoms with Crippen LogP contribution in [0.4, 0.5) is 0 Å². The van der Waals surface area contributed by atoms with Gasteiger partial charge < -0.3 is 4.90 Å². The van der Waals surface area contributed by atoms with Crippen LogP contribution in [0.1, 0.15) is 23.2 Å².